The van der Waals surface area contributed by atoms with Gasteiger partial charge in [0.15, 0.2) is 0 Å². The lowest BCUT2D eigenvalue weighted by atomic mass is 10.1. The lowest BCUT2D eigenvalue weighted by molar-refractivity contribution is -0.00121. The van der Waals surface area contributed by atoms with Gasteiger partial charge in [0, 0.05) is 11.3 Å². The molecule has 0 spiro atoms. The molecule has 0 aromatic rings. The predicted molar refractivity (Wildman–Crippen MR) is 58.9 cm³/mol. The smallest absolute Gasteiger partial charge is 0.0705 e. The van der Waals surface area contributed by atoms with Crippen LogP contribution in [0.3, 0.4) is 0 Å². The summed E-state index contributed by atoms with van der Waals surface area (Å²) in [6.07, 6.45) is 2.57. The van der Waals surface area contributed by atoms with Crippen LogP contribution in [0.4, 0.5) is 0 Å². The monoisotopic (exact) mass is 203 g/mol. The zero-order valence-corrected chi connectivity index (χ0v) is 9.69. The van der Waals surface area contributed by atoms with E-state index in [-0.39, 0.29) is 0 Å². The van der Waals surface area contributed by atoms with Crippen LogP contribution in [-0.4, -0.2) is 23.7 Å². The highest BCUT2D eigenvalue weighted by atomic mass is 32.2. The molecule has 1 rings (SSSR count). The molecule has 2 unspecified atom stereocenters. The molecular formula is C10H21NOS. The minimum atomic E-state index is 0.553. The molecule has 2 atom stereocenters. The van der Waals surface area contributed by atoms with Crippen molar-refractivity contribution in [1.82, 2.24) is 5.48 Å². The molecule has 1 aliphatic rings. The molecule has 1 aliphatic heterocycles. The zero-order chi connectivity index (χ0) is 9.68. The van der Waals surface area contributed by atoms with Crippen molar-refractivity contribution in [2.45, 2.75) is 44.9 Å². The Labute approximate surface area is 85.8 Å². The molecule has 13 heavy (non-hydrogen) atoms. The lowest BCUT2D eigenvalue weighted by Gasteiger charge is -2.28. The number of rotatable bonds is 4. The fraction of sp³-hybridized carbons (Fsp3) is 1.00. The average molecular weight is 203 g/mol. The molecule has 0 aromatic heterocycles. The van der Waals surface area contributed by atoms with Crippen molar-refractivity contribution >= 4 is 11.8 Å². The van der Waals surface area contributed by atoms with E-state index in [2.05, 4.69) is 26.3 Å². The maximum Gasteiger partial charge on any atom is 0.0705 e. The minimum absolute atomic E-state index is 0.553. The van der Waals surface area contributed by atoms with Gasteiger partial charge in [-0.15, -0.1) is 0 Å². The molecule has 0 bridgehead atoms. The first-order valence-electron chi connectivity index (χ1n) is 5.19. The Morgan fingerprint density at radius 1 is 1.54 bits per heavy atom. The maximum atomic E-state index is 5.44. The van der Waals surface area contributed by atoms with E-state index in [1.54, 1.807) is 0 Å². The number of thioether (sulfide) groups is 1. The second-order valence-electron chi connectivity index (χ2n) is 4.15. The van der Waals surface area contributed by atoms with Gasteiger partial charge in [0.2, 0.25) is 0 Å². The lowest BCUT2D eigenvalue weighted by Crippen LogP contribution is -2.39. The van der Waals surface area contributed by atoms with Crippen LogP contribution in [-0.2, 0) is 4.84 Å². The Morgan fingerprint density at radius 2 is 2.31 bits per heavy atom. The Hall–Kier alpha value is 0.270. The van der Waals surface area contributed by atoms with Gasteiger partial charge in [0.1, 0.15) is 0 Å². The Kier molecular flexibility index (Phi) is 5.14. The molecule has 0 saturated carbocycles. The summed E-state index contributed by atoms with van der Waals surface area (Å²) in [5.41, 5.74) is 3.18. The van der Waals surface area contributed by atoms with E-state index < -0.39 is 0 Å². The SMILES string of the molecule is CC(C)CONC1CCCSC1C. The van der Waals surface area contributed by atoms with Crippen LogP contribution in [0.5, 0.6) is 0 Å². The normalized spacial score (nSPS) is 29.5. The molecule has 3 heteroatoms. The van der Waals surface area contributed by atoms with E-state index in [0.29, 0.717) is 17.2 Å². The predicted octanol–water partition coefficient (Wildman–Crippen LogP) is 2.45. The molecule has 1 heterocycles. The van der Waals surface area contributed by atoms with E-state index in [1.165, 1.54) is 18.6 Å². The summed E-state index contributed by atoms with van der Waals surface area (Å²) in [4.78, 5) is 5.44. The molecule has 78 valence electrons. The second kappa shape index (κ2) is 5.89. The standard InChI is InChI=1S/C10H21NOS/c1-8(2)7-12-11-10-5-4-6-13-9(10)3/h8-11H,4-7H2,1-3H3. The Morgan fingerprint density at radius 3 is 2.92 bits per heavy atom. The molecule has 0 radical (unpaired) electrons. The van der Waals surface area contributed by atoms with Crippen LogP contribution in [0.15, 0.2) is 0 Å². The van der Waals surface area contributed by atoms with Gasteiger partial charge in [-0.3, -0.25) is 0 Å². The van der Waals surface area contributed by atoms with Gasteiger partial charge in [-0.05, 0) is 24.5 Å². The largest absolute Gasteiger partial charge is 0.301 e. The molecule has 1 N–H and O–H groups in total. The van der Waals surface area contributed by atoms with Gasteiger partial charge < -0.3 is 4.84 Å². The van der Waals surface area contributed by atoms with E-state index >= 15 is 0 Å². The second-order valence-corrected chi connectivity index (χ2v) is 5.63. The minimum Gasteiger partial charge on any atom is -0.301 e. The van der Waals surface area contributed by atoms with Gasteiger partial charge in [-0.2, -0.15) is 17.2 Å². The summed E-state index contributed by atoms with van der Waals surface area (Å²) in [5, 5.41) is 0.695. The summed E-state index contributed by atoms with van der Waals surface area (Å²) in [6, 6.07) is 0.553. The molecule has 1 saturated heterocycles. The average Bonchev–Trinajstić information content (AvgIpc) is 2.08. The third-order valence-corrected chi connectivity index (χ3v) is 3.64. The fourth-order valence-electron chi connectivity index (χ4n) is 1.40. The van der Waals surface area contributed by atoms with E-state index in [4.69, 9.17) is 4.84 Å². The molecule has 0 aliphatic carbocycles. The fourth-order valence-corrected chi connectivity index (χ4v) is 2.53. The van der Waals surface area contributed by atoms with Crippen molar-refractivity contribution in [3.8, 4) is 0 Å². The van der Waals surface area contributed by atoms with Crippen molar-refractivity contribution in [2.75, 3.05) is 12.4 Å². The topological polar surface area (TPSA) is 21.3 Å². The van der Waals surface area contributed by atoms with Crippen LogP contribution in [0.1, 0.15) is 33.6 Å². The number of hydroxylamine groups is 1. The van der Waals surface area contributed by atoms with Gasteiger partial charge >= 0.3 is 0 Å². The first-order chi connectivity index (χ1) is 6.20. The van der Waals surface area contributed by atoms with Crippen molar-refractivity contribution in [3.05, 3.63) is 0 Å². The van der Waals surface area contributed by atoms with Crippen LogP contribution in [0.2, 0.25) is 0 Å². The summed E-state index contributed by atoms with van der Waals surface area (Å²) in [5.74, 6) is 1.92. The van der Waals surface area contributed by atoms with Gasteiger partial charge in [-0.25, -0.2) is 0 Å². The summed E-state index contributed by atoms with van der Waals surface area (Å²) < 4.78 is 0. The summed E-state index contributed by atoms with van der Waals surface area (Å²) in [6.45, 7) is 7.43. The molecule has 0 aromatic carbocycles. The first kappa shape index (κ1) is 11.3. The highest BCUT2D eigenvalue weighted by Crippen LogP contribution is 2.24. The van der Waals surface area contributed by atoms with Crippen LogP contribution < -0.4 is 5.48 Å². The van der Waals surface area contributed by atoms with Crippen LogP contribution in [0.25, 0.3) is 0 Å². The molecular weight excluding hydrogens is 182 g/mol. The number of hydrogen-bond donors (Lipinski definition) is 1. The molecule has 0 amide bonds. The zero-order valence-electron chi connectivity index (χ0n) is 8.88. The van der Waals surface area contributed by atoms with Gasteiger partial charge in [0.25, 0.3) is 0 Å². The number of hydrogen-bond acceptors (Lipinski definition) is 3. The Bertz CT molecular complexity index is 141. The van der Waals surface area contributed by atoms with Crippen LogP contribution >= 0.6 is 11.8 Å². The van der Waals surface area contributed by atoms with E-state index in [1.807, 2.05) is 11.8 Å². The van der Waals surface area contributed by atoms with Crippen molar-refractivity contribution in [2.24, 2.45) is 5.92 Å². The quantitative estimate of drug-likeness (QED) is 0.709. The molecule has 2 nitrogen and oxygen atoms in total. The van der Waals surface area contributed by atoms with Gasteiger partial charge in [0.05, 0.1) is 6.61 Å². The third kappa shape index (κ3) is 4.34. The highest BCUT2D eigenvalue weighted by molar-refractivity contribution is 7.99. The van der Waals surface area contributed by atoms with Crippen molar-refractivity contribution < 1.29 is 4.84 Å². The van der Waals surface area contributed by atoms with E-state index in [0.717, 1.165) is 6.61 Å². The highest BCUT2D eigenvalue weighted by Gasteiger charge is 2.21. The van der Waals surface area contributed by atoms with E-state index in [9.17, 15) is 0 Å². The summed E-state index contributed by atoms with van der Waals surface area (Å²) in [7, 11) is 0. The van der Waals surface area contributed by atoms with Crippen molar-refractivity contribution in [3.63, 3.8) is 0 Å². The third-order valence-electron chi connectivity index (χ3n) is 2.26. The number of nitrogens with one attached hydrogen (secondary N) is 1. The summed E-state index contributed by atoms with van der Waals surface area (Å²) >= 11 is 2.04. The Balaban J connectivity index is 2.11. The first-order valence-corrected chi connectivity index (χ1v) is 6.24. The van der Waals surface area contributed by atoms with Gasteiger partial charge in [-0.1, -0.05) is 20.8 Å². The van der Waals surface area contributed by atoms with Crippen molar-refractivity contribution in [1.29, 1.82) is 0 Å². The molecule has 1 fully saturated rings. The maximum absolute atomic E-state index is 5.44. The van der Waals surface area contributed by atoms with Crippen LogP contribution in [0, 0.1) is 5.92 Å².